The van der Waals surface area contributed by atoms with Crippen LogP contribution in [0.1, 0.15) is 31.7 Å². The maximum Gasteiger partial charge on any atom is 0.157 e. The van der Waals surface area contributed by atoms with Crippen molar-refractivity contribution in [2.75, 3.05) is 0 Å². The molecule has 1 rings (SSSR count). The van der Waals surface area contributed by atoms with E-state index in [0.29, 0.717) is 12.0 Å². The third kappa shape index (κ3) is 2.66. The molecule has 16 heavy (non-hydrogen) atoms. The van der Waals surface area contributed by atoms with Gasteiger partial charge in [-0.15, -0.1) is 0 Å². The number of nitriles is 1. The molecule has 1 aromatic rings. The van der Waals surface area contributed by atoms with Gasteiger partial charge in [-0.25, -0.2) is 4.39 Å². The summed E-state index contributed by atoms with van der Waals surface area (Å²) in [4.78, 5) is 11.9. The summed E-state index contributed by atoms with van der Waals surface area (Å²) in [5, 5.41) is 8.99. The standard InChI is InChI=1S/C13H14FNO/c1-3-9(2)13(16)12(8-15)10-5-4-6-11(14)7-10/h4-7,9,12H,3H2,1-2H3. The third-order valence-corrected chi connectivity index (χ3v) is 2.69. The molecule has 0 aliphatic rings. The minimum absolute atomic E-state index is 0.143. The monoisotopic (exact) mass is 219 g/mol. The largest absolute Gasteiger partial charge is 0.298 e. The summed E-state index contributed by atoms with van der Waals surface area (Å²) in [6, 6.07) is 7.61. The molecule has 0 N–H and O–H groups in total. The van der Waals surface area contributed by atoms with Gasteiger partial charge in [-0.3, -0.25) is 4.79 Å². The predicted molar refractivity (Wildman–Crippen MR) is 59.2 cm³/mol. The SMILES string of the molecule is CCC(C)C(=O)C(C#N)c1cccc(F)c1. The fourth-order valence-electron chi connectivity index (χ4n) is 1.47. The molecule has 0 fully saturated rings. The van der Waals surface area contributed by atoms with Crippen molar-refractivity contribution in [3.05, 3.63) is 35.6 Å². The lowest BCUT2D eigenvalue weighted by Gasteiger charge is -2.12. The Labute approximate surface area is 94.7 Å². The van der Waals surface area contributed by atoms with E-state index >= 15 is 0 Å². The van der Waals surface area contributed by atoms with Crippen molar-refractivity contribution in [3.63, 3.8) is 0 Å². The fraction of sp³-hybridized carbons (Fsp3) is 0.385. The normalized spacial score (nSPS) is 13.9. The number of benzene rings is 1. The molecule has 0 spiro atoms. The fourth-order valence-corrected chi connectivity index (χ4v) is 1.47. The van der Waals surface area contributed by atoms with E-state index in [1.54, 1.807) is 13.0 Å². The van der Waals surface area contributed by atoms with Gasteiger partial charge in [0.15, 0.2) is 5.78 Å². The maximum atomic E-state index is 13.0. The van der Waals surface area contributed by atoms with Gasteiger partial charge in [0.1, 0.15) is 11.7 Å². The van der Waals surface area contributed by atoms with Gasteiger partial charge < -0.3 is 0 Å². The molecule has 0 bridgehead atoms. The molecule has 84 valence electrons. The molecule has 0 amide bonds. The lowest BCUT2D eigenvalue weighted by Crippen LogP contribution is -2.18. The molecular formula is C13H14FNO. The van der Waals surface area contributed by atoms with Crippen molar-refractivity contribution in [2.24, 2.45) is 5.92 Å². The number of hydrogen-bond donors (Lipinski definition) is 0. The highest BCUT2D eigenvalue weighted by atomic mass is 19.1. The van der Waals surface area contributed by atoms with Crippen LogP contribution in [0.5, 0.6) is 0 Å². The predicted octanol–water partition coefficient (Wildman–Crippen LogP) is 3.05. The van der Waals surface area contributed by atoms with Gasteiger partial charge >= 0.3 is 0 Å². The highest BCUT2D eigenvalue weighted by Gasteiger charge is 2.24. The topological polar surface area (TPSA) is 40.9 Å². The van der Waals surface area contributed by atoms with E-state index in [2.05, 4.69) is 0 Å². The average molecular weight is 219 g/mol. The van der Waals surface area contributed by atoms with Crippen molar-refractivity contribution in [1.29, 1.82) is 5.26 Å². The lowest BCUT2D eigenvalue weighted by atomic mass is 9.88. The Morgan fingerprint density at radius 1 is 1.56 bits per heavy atom. The highest BCUT2D eigenvalue weighted by molar-refractivity contribution is 5.90. The van der Waals surface area contributed by atoms with Gasteiger partial charge in [-0.05, 0) is 24.1 Å². The molecular weight excluding hydrogens is 205 g/mol. The van der Waals surface area contributed by atoms with E-state index in [9.17, 15) is 9.18 Å². The van der Waals surface area contributed by atoms with E-state index in [4.69, 9.17) is 5.26 Å². The molecule has 2 nitrogen and oxygen atoms in total. The zero-order chi connectivity index (χ0) is 12.1. The summed E-state index contributed by atoms with van der Waals surface area (Å²) in [7, 11) is 0. The average Bonchev–Trinajstić information content (AvgIpc) is 2.29. The Bertz CT molecular complexity index is 422. The number of carbonyl (C=O) groups excluding carboxylic acids is 1. The second kappa shape index (κ2) is 5.41. The number of hydrogen-bond acceptors (Lipinski definition) is 2. The molecule has 1 aromatic carbocycles. The van der Waals surface area contributed by atoms with E-state index < -0.39 is 11.7 Å². The molecule has 0 aliphatic carbocycles. The molecule has 0 aliphatic heterocycles. The first-order valence-electron chi connectivity index (χ1n) is 5.29. The van der Waals surface area contributed by atoms with Crippen LogP contribution in [0, 0.1) is 23.1 Å². The minimum Gasteiger partial charge on any atom is -0.298 e. The van der Waals surface area contributed by atoms with Gasteiger partial charge in [-0.2, -0.15) is 5.26 Å². The smallest absolute Gasteiger partial charge is 0.157 e. The first-order chi connectivity index (χ1) is 7.60. The number of carbonyl (C=O) groups is 1. The van der Waals surface area contributed by atoms with Crippen LogP contribution in [0.3, 0.4) is 0 Å². The molecule has 2 unspecified atom stereocenters. The van der Waals surface area contributed by atoms with Crippen LogP contribution < -0.4 is 0 Å². The van der Waals surface area contributed by atoms with Crippen LogP contribution in [0.15, 0.2) is 24.3 Å². The Balaban J connectivity index is 3.00. The Kier molecular flexibility index (Phi) is 4.19. The first kappa shape index (κ1) is 12.4. The number of nitrogens with zero attached hydrogens (tertiary/aromatic N) is 1. The number of Topliss-reactive ketones (excluding diaryl/α,β-unsaturated/α-hetero) is 1. The molecule has 3 heteroatoms. The second-order valence-electron chi connectivity index (χ2n) is 3.83. The summed E-state index contributed by atoms with van der Waals surface area (Å²) in [5.74, 6) is -1.59. The summed E-state index contributed by atoms with van der Waals surface area (Å²) >= 11 is 0. The van der Waals surface area contributed by atoms with Crippen LogP contribution in [0.2, 0.25) is 0 Å². The summed E-state index contributed by atoms with van der Waals surface area (Å²) in [6.07, 6.45) is 0.687. The summed E-state index contributed by atoms with van der Waals surface area (Å²) in [5.41, 5.74) is 0.438. The van der Waals surface area contributed by atoms with Crippen LogP contribution in [0.25, 0.3) is 0 Å². The number of rotatable bonds is 4. The molecule has 0 saturated heterocycles. The van der Waals surface area contributed by atoms with E-state index in [1.165, 1.54) is 18.2 Å². The maximum absolute atomic E-state index is 13.0. The van der Waals surface area contributed by atoms with Crippen LogP contribution in [-0.2, 0) is 4.79 Å². The van der Waals surface area contributed by atoms with Crippen LogP contribution in [0.4, 0.5) is 4.39 Å². The highest BCUT2D eigenvalue weighted by Crippen LogP contribution is 2.21. The summed E-state index contributed by atoms with van der Waals surface area (Å²) < 4.78 is 13.0. The van der Waals surface area contributed by atoms with Gasteiger partial charge in [0.05, 0.1) is 6.07 Å². The number of ketones is 1. The summed E-state index contributed by atoms with van der Waals surface area (Å²) in [6.45, 7) is 3.68. The van der Waals surface area contributed by atoms with Crippen molar-refractivity contribution >= 4 is 5.78 Å². The van der Waals surface area contributed by atoms with Crippen molar-refractivity contribution in [2.45, 2.75) is 26.2 Å². The third-order valence-electron chi connectivity index (χ3n) is 2.69. The molecule has 0 heterocycles. The van der Waals surface area contributed by atoms with Crippen LogP contribution >= 0.6 is 0 Å². The molecule has 0 aromatic heterocycles. The Hall–Kier alpha value is -1.69. The quantitative estimate of drug-likeness (QED) is 0.780. The van der Waals surface area contributed by atoms with Crippen molar-refractivity contribution < 1.29 is 9.18 Å². The lowest BCUT2D eigenvalue weighted by molar-refractivity contribution is -0.122. The van der Waals surface area contributed by atoms with Crippen LogP contribution in [-0.4, -0.2) is 5.78 Å². The van der Waals surface area contributed by atoms with Gasteiger partial charge in [0.25, 0.3) is 0 Å². The molecule has 0 radical (unpaired) electrons. The van der Waals surface area contributed by atoms with Gasteiger partial charge in [0.2, 0.25) is 0 Å². The van der Waals surface area contributed by atoms with Crippen molar-refractivity contribution in [3.8, 4) is 6.07 Å². The van der Waals surface area contributed by atoms with Gasteiger partial charge in [-0.1, -0.05) is 26.0 Å². The van der Waals surface area contributed by atoms with E-state index in [0.717, 1.165) is 0 Å². The number of halogens is 1. The second-order valence-corrected chi connectivity index (χ2v) is 3.83. The van der Waals surface area contributed by atoms with E-state index in [-0.39, 0.29) is 11.7 Å². The Morgan fingerprint density at radius 3 is 2.75 bits per heavy atom. The first-order valence-corrected chi connectivity index (χ1v) is 5.29. The minimum atomic E-state index is -0.856. The zero-order valence-corrected chi connectivity index (χ0v) is 9.40. The molecule has 2 atom stereocenters. The zero-order valence-electron chi connectivity index (χ0n) is 9.40. The Morgan fingerprint density at radius 2 is 2.25 bits per heavy atom. The van der Waals surface area contributed by atoms with Crippen molar-refractivity contribution in [1.82, 2.24) is 0 Å². The van der Waals surface area contributed by atoms with E-state index in [1.807, 2.05) is 13.0 Å². The van der Waals surface area contributed by atoms with Gasteiger partial charge in [0, 0.05) is 5.92 Å². The molecule has 0 saturated carbocycles.